The maximum Gasteiger partial charge on any atom is 0.317 e. The van der Waals surface area contributed by atoms with Crippen molar-refractivity contribution in [3.63, 3.8) is 0 Å². The molecule has 0 aliphatic rings. The van der Waals surface area contributed by atoms with Gasteiger partial charge in [-0.15, -0.1) is 0 Å². The van der Waals surface area contributed by atoms with Crippen molar-refractivity contribution in [1.82, 2.24) is 4.90 Å². The lowest BCUT2D eigenvalue weighted by Crippen LogP contribution is -2.39. The maximum absolute atomic E-state index is 12.9. The molecule has 2 aromatic carbocycles. The molecule has 2 aromatic rings. The molecule has 2 rings (SSSR count). The molecule has 0 heterocycles. The van der Waals surface area contributed by atoms with E-state index in [1.165, 1.54) is 0 Å². The van der Waals surface area contributed by atoms with Gasteiger partial charge in [0, 0.05) is 6.04 Å². The van der Waals surface area contributed by atoms with Crippen LogP contribution in [0.3, 0.4) is 0 Å². The van der Waals surface area contributed by atoms with Gasteiger partial charge in [0.2, 0.25) is 0 Å². The molecule has 25 heavy (non-hydrogen) atoms. The summed E-state index contributed by atoms with van der Waals surface area (Å²) >= 11 is 0. The normalized spacial score (nSPS) is 12.4. The molecular formula is C22H29NO2. The summed E-state index contributed by atoms with van der Waals surface area (Å²) in [5.41, 5.74) is 1.93. The Kier molecular flexibility index (Phi) is 7.68. The minimum Gasteiger partial charge on any atom is -0.463 e. The molecule has 0 radical (unpaired) electrons. The molecule has 1 atom stereocenters. The van der Waals surface area contributed by atoms with Crippen LogP contribution in [0.25, 0.3) is 0 Å². The zero-order chi connectivity index (χ0) is 18.1. The standard InChI is InChI=1S/C22H29NO2/c1-4-20(23(5-2)6-3)17-25-22(24)21(18-13-9-7-10-14-18)19-15-11-8-12-16-19/h7-16,20-21H,4-6,17H2,1-3H3/t20-/m0/s1. The van der Waals surface area contributed by atoms with Gasteiger partial charge in [-0.2, -0.15) is 0 Å². The van der Waals surface area contributed by atoms with E-state index < -0.39 is 0 Å². The fourth-order valence-electron chi connectivity index (χ4n) is 3.24. The van der Waals surface area contributed by atoms with Crippen LogP contribution in [0.5, 0.6) is 0 Å². The van der Waals surface area contributed by atoms with Gasteiger partial charge in [-0.25, -0.2) is 0 Å². The lowest BCUT2D eigenvalue weighted by atomic mass is 9.91. The molecule has 0 saturated heterocycles. The van der Waals surface area contributed by atoms with Crippen LogP contribution in [0.4, 0.5) is 0 Å². The van der Waals surface area contributed by atoms with E-state index in [0.29, 0.717) is 6.61 Å². The van der Waals surface area contributed by atoms with Crippen LogP contribution in [0.15, 0.2) is 60.7 Å². The number of benzene rings is 2. The number of hydrogen-bond acceptors (Lipinski definition) is 3. The van der Waals surface area contributed by atoms with Crippen LogP contribution in [0.2, 0.25) is 0 Å². The predicted octanol–water partition coefficient (Wildman–Crippen LogP) is 4.48. The summed E-state index contributed by atoms with van der Waals surface area (Å²) < 4.78 is 5.77. The van der Waals surface area contributed by atoms with Crippen molar-refractivity contribution in [3.05, 3.63) is 71.8 Å². The predicted molar refractivity (Wildman–Crippen MR) is 103 cm³/mol. The number of esters is 1. The smallest absolute Gasteiger partial charge is 0.317 e. The van der Waals surface area contributed by atoms with Crippen LogP contribution in [0, 0.1) is 0 Å². The van der Waals surface area contributed by atoms with E-state index in [2.05, 4.69) is 25.7 Å². The molecular weight excluding hydrogens is 310 g/mol. The summed E-state index contributed by atoms with van der Waals surface area (Å²) in [5, 5.41) is 0. The Balaban J connectivity index is 2.16. The molecule has 0 saturated carbocycles. The van der Waals surface area contributed by atoms with E-state index in [-0.39, 0.29) is 17.9 Å². The van der Waals surface area contributed by atoms with Gasteiger partial charge in [-0.3, -0.25) is 9.69 Å². The minimum atomic E-state index is -0.378. The van der Waals surface area contributed by atoms with Crippen molar-refractivity contribution >= 4 is 5.97 Å². The molecule has 0 unspecified atom stereocenters. The largest absolute Gasteiger partial charge is 0.463 e. The molecule has 0 aliphatic carbocycles. The van der Waals surface area contributed by atoms with Crippen molar-refractivity contribution in [2.75, 3.05) is 19.7 Å². The average molecular weight is 339 g/mol. The number of nitrogens with zero attached hydrogens (tertiary/aromatic N) is 1. The number of ether oxygens (including phenoxy) is 1. The van der Waals surface area contributed by atoms with Crippen LogP contribution in [-0.4, -0.2) is 36.6 Å². The fourth-order valence-corrected chi connectivity index (χ4v) is 3.24. The molecule has 0 N–H and O–H groups in total. The van der Waals surface area contributed by atoms with Gasteiger partial charge < -0.3 is 4.74 Å². The first-order valence-electron chi connectivity index (χ1n) is 9.21. The van der Waals surface area contributed by atoms with E-state index >= 15 is 0 Å². The van der Waals surface area contributed by atoms with Crippen LogP contribution < -0.4 is 0 Å². The molecule has 0 aromatic heterocycles. The first-order valence-corrected chi connectivity index (χ1v) is 9.21. The van der Waals surface area contributed by atoms with Crippen molar-refractivity contribution < 1.29 is 9.53 Å². The molecule has 3 heteroatoms. The van der Waals surface area contributed by atoms with Gasteiger partial charge in [0.1, 0.15) is 12.5 Å². The Morgan fingerprint density at radius 1 is 0.880 bits per heavy atom. The molecule has 0 bridgehead atoms. The average Bonchev–Trinajstić information content (AvgIpc) is 2.67. The monoisotopic (exact) mass is 339 g/mol. The van der Waals surface area contributed by atoms with Gasteiger partial charge >= 0.3 is 5.97 Å². The van der Waals surface area contributed by atoms with Gasteiger partial charge in [-0.05, 0) is 30.6 Å². The highest BCUT2D eigenvalue weighted by molar-refractivity contribution is 5.82. The van der Waals surface area contributed by atoms with E-state index in [9.17, 15) is 4.79 Å². The highest BCUT2D eigenvalue weighted by Gasteiger charge is 2.25. The summed E-state index contributed by atoms with van der Waals surface area (Å²) in [4.78, 5) is 15.3. The highest BCUT2D eigenvalue weighted by Crippen LogP contribution is 2.26. The third-order valence-electron chi connectivity index (χ3n) is 4.72. The molecule has 0 fully saturated rings. The summed E-state index contributed by atoms with van der Waals surface area (Å²) in [5.74, 6) is -0.556. The number of likely N-dealkylation sites (N-methyl/N-ethyl adjacent to an activating group) is 1. The van der Waals surface area contributed by atoms with Gasteiger partial charge in [0.25, 0.3) is 0 Å². The second kappa shape index (κ2) is 10.00. The Morgan fingerprint density at radius 3 is 1.76 bits per heavy atom. The van der Waals surface area contributed by atoms with E-state index in [0.717, 1.165) is 30.6 Å². The SMILES string of the molecule is CC[C@@H](COC(=O)C(c1ccccc1)c1ccccc1)N(CC)CC. The molecule has 0 aliphatic heterocycles. The fraction of sp³-hybridized carbons (Fsp3) is 0.409. The lowest BCUT2D eigenvalue weighted by molar-refractivity contribution is -0.146. The Morgan fingerprint density at radius 2 is 1.36 bits per heavy atom. The van der Waals surface area contributed by atoms with Gasteiger partial charge in [-0.1, -0.05) is 81.4 Å². The second-order valence-electron chi connectivity index (χ2n) is 6.17. The van der Waals surface area contributed by atoms with Gasteiger partial charge in [0.05, 0.1) is 0 Å². The van der Waals surface area contributed by atoms with Crippen molar-refractivity contribution in [2.45, 2.75) is 39.2 Å². The third-order valence-corrected chi connectivity index (χ3v) is 4.72. The summed E-state index contributed by atoms with van der Waals surface area (Å²) in [6, 6.07) is 20.0. The van der Waals surface area contributed by atoms with Crippen LogP contribution >= 0.6 is 0 Å². The Labute approximate surface area is 151 Å². The number of carbonyl (C=O) groups is 1. The summed E-state index contributed by atoms with van der Waals surface area (Å²) in [6.07, 6.45) is 0.969. The quantitative estimate of drug-likeness (QED) is 0.631. The number of rotatable bonds is 9. The molecule has 0 amide bonds. The van der Waals surface area contributed by atoms with E-state index in [4.69, 9.17) is 4.74 Å². The van der Waals surface area contributed by atoms with E-state index in [1.807, 2.05) is 60.7 Å². The first kappa shape index (κ1) is 19.2. The summed E-state index contributed by atoms with van der Waals surface area (Å²) in [7, 11) is 0. The zero-order valence-corrected chi connectivity index (χ0v) is 15.5. The van der Waals surface area contributed by atoms with Crippen LogP contribution in [-0.2, 0) is 9.53 Å². The summed E-state index contributed by atoms with van der Waals surface area (Å²) in [6.45, 7) is 8.80. The lowest BCUT2D eigenvalue weighted by Gasteiger charge is -2.29. The van der Waals surface area contributed by atoms with Crippen molar-refractivity contribution in [2.24, 2.45) is 0 Å². The van der Waals surface area contributed by atoms with Gasteiger partial charge in [0.15, 0.2) is 0 Å². The Bertz CT molecular complexity index is 583. The van der Waals surface area contributed by atoms with Crippen molar-refractivity contribution in [1.29, 1.82) is 0 Å². The molecule has 134 valence electrons. The third kappa shape index (κ3) is 5.17. The molecule has 3 nitrogen and oxygen atoms in total. The van der Waals surface area contributed by atoms with Crippen LogP contribution in [0.1, 0.15) is 44.2 Å². The maximum atomic E-state index is 12.9. The highest BCUT2D eigenvalue weighted by atomic mass is 16.5. The Hall–Kier alpha value is -2.13. The minimum absolute atomic E-state index is 0.178. The van der Waals surface area contributed by atoms with Crippen molar-refractivity contribution in [3.8, 4) is 0 Å². The number of hydrogen-bond donors (Lipinski definition) is 0. The number of carbonyl (C=O) groups excluding carboxylic acids is 1. The molecule has 0 spiro atoms. The topological polar surface area (TPSA) is 29.5 Å². The van der Waals surface area contributed by atoms with E-state index in [1.54, 1.807) is 0 Å². The first-order chi connectivity index (χ1) is 12.2. The zero-order valence-electron chi connectivity index (χ0n) is 15.5. The second-order valence-corrected chi connectivity index (χ2v) is 6.17.